The van der Waals surface area contributed by atoms with E-state index in [-0.39, 0.29) is 0 Å². The standard InChI is InChI=1S/C13H19Br2NO2S/c1-4-5-6-7-16(3)19(17,18)13-9-11(14)10(2)8-12(13)15/h8-9H,4-7H2,1-3H3. The summed E-state index contributed by atoms with van der Waals surface area (Å²) in [5, 5.41) is 0. The Morgan fingerprint density at radius 2 is 1.79 bits per heavy atom. The molecule has 0 unspecified atom stereocenters. The summed E-state index contributed by atoms with van der Waals surface area (Å²) in [6.07, 6.45) is 3.00. The van der Waals surface area contributed by atoms with Gasteiger partial charge in [0.2, 0.25) is 10.0 Å². The molecule has 1 rings (SSSR count). The van der Waals surface area contributed by atoms with Crippen LogP contribution in [0.2, 0.25) is 0 Å². The molecule has 19 heavy (non-hydrogen) atoms. The fraction of sp³-hybridized carbons (Fsp3) is 0.538. The van der Waals surface area contributed by atoms with Gasteiger partial charge in [0, 0.05) is 22.5 Å². The molecule has 1 aromatic carbocycles. The fourth-order valence-electron chi connectivity index (χ4n) is 1.70. The third kappa shape index (κ3) is 4.28. The Labute approximate surface area is 132 Å². The highest BCUT2D eigenvalue weighted by Gasteiger charge is 2.23. The smallest absolute Gasteiger partial charge is 0.207 e. The molecular weight excluding hydrogens is 394 g/mol. The minimum Gasteiger partial charge on any atom is -0.207 e. The SMILES string of the molecule is CCCCCN(C)S(=O)(=O)c1cc(Br)c(C)cc1Br. The van der Waals surface area contributed by atoms with Crippen LogP contribution in [0.1, 0.15) is 31.7 Å². The Hall–Kier alpha value is 0.0900. The second-order valence-electron chi connectivity index (χ2n) is 4.57. The zero-order chi connectivity index (χ0) is 14.6. The van der Waals surface area contributed by atoms with Crippen LogP contribution in [0.15, 0.2) is 26.0 Å². The van der Waals surface area contributed by atoms with Crippen LogP contribution in [0.4, 0.5) is 0 Å². The minimum atomic E-state index is -3.43. The molecule has 108 valence electrons. The molecule has 0 aliphatic heterocycles. The summed E-state index contributed by atoms with van der Waals surface area (Å²) in [5.74, 6) is 0. The average Bonchev–Trinajstić information content (AvgIpc) is 2.33. The zero-order valence-electron chi connectivity index (χ0n) is 11.4. The van der Waals surface area contributed by atoms with Crippen LogP contribution in [0.5, 0.6) is 0 Å². The van der Waals surface area contributed by atoms with Crippen LogP contribution < -0.4 is 0 Å². The molecule has 1 aromatic rings. The molecule has 0 N–H and O–H groups in total. The van der Waals surface area contributed by atoms with E-state index in [2.05, 4.69) is 38.8 Å². The summed E-state index contributed by atoms with van der Waals surface area (Å²) in [5.41, 5.74) is 1.000. The highest BCUT2D eigenvalue weighted by molar-refractivity contribution is 9.11. The van der Waals surface area contributed by atoms with Crippen molar-refractivity contribution in [3.63, 3.8) is 0 Å². The predicted octanol–water partition coefficient (Wildman–Crippen LogP) is 4.33. The van der Waals surface area contributed by atoms with Crippen molar-refractivity contribution in [3.8, 4) is 0 Å². The molecule has 0 aliphatic rings. The van der Waals surface area contributed by atoms with Crippen LogP contribution in [-0.2, 0) is 10.0 Å². The van der Waals surface area contributed by atoms with Crippen LogP contribution in [-0.4, -0.2) is 26.3 Å². The van der Waals surface area contributed by atoms with Gasteiger partial charge in [-0.05, 0) is 47.0 Å². The number of nitrogens with zero attached hydrogens (tertiary/aromatic N) is 1. The molecule has 0 aliphatic carbocycles. The second-order valence-corrected chi connectivity index (χ2v) is 8.29. The second kappa shape index (κ2) is 7.20. The molecular formula is C13H19Br2NO2S. The first kappa shape index (κ1) is 17.1. The lowest BCUT2D eigenvalue weighted by Gasteiger charge is -2.18. The Morgan fingerprint density at radius 3 is 2.37 bits per heavy atom. The zero-order valence-corrected chi connectivity index (χ0v) is 15.4. The van der Waals surface area contributed by atoms with Crippen molar-refractivity contribution in [3.05, 3.63) is 26.6 Å². The van der Waals surface area contributed by atoms with Crippen LogP contribution in [0, 0.1) is 6.92 Å². The monoisotopic (exact) mass is 411 g/mol. The van der Waals surface area contributed by atoms with Gasteiger partial charge in [0.15, 0.2) is 0 Å². The molecule has 0 saturated heterocycles. The minimum absolute atomic E-state index is 0.309. The van der Waals surface area contributed by atoms with Crippen molar-refractivity contribution in [1.82, 2.24) is 4.31 Å². The number of rotatable bonds is 6. The van der Waals surface area contributed by atoms with Crippen molar-refractivity contribution in [2.45, 2.75) is 38.0 Å². The Kier molecular flexibility index (Phi) is 6.50. The molecule has 3 nitrogen and oxygen atoms in total. The Bertz CT molecular complexity index is 544. The van der Waals surface area contributed by atoms with Crippen molar-refractivity contribution < 1.29 is 8.42 Å². The van der Waals surface area contributed by atoms with Gasteiger partial charge >= 0.3 is 0 Å². The molecule has 0 bridgehead atoms. The van der Waals surface area contributed by atoms with Gasteiger partial charge in [-0.15, -0.1) is 0 Å². The normalized spacial score (nSPS) is 12.1. The number of aryl methyl sites for hydroxylation is 1. The number of unbranched alkanes of at least 4 members (excludes halogenated alkanes) is 2. The average molecular weight is 413 g/mol. The first-order chi connectivity index (χ1) is 8.80. The van der Waals surface area contributed by atoms with Gasteiger partial charge in [-0.3, -0.25) is 0 Å². The summed E-state index contributed by atoms with van der Waals surface area (Å²) < 4.78 is 27.8. The summed E-state index contributed by atoms with van der Waals surface area (Å²) in [6, 6.07) is 3.47. The van der Waals surface area contributed by atoms with Gasteiger partial charge in [0.05, 0.1) is 4.90 Å². The molecule has 0 fully saturated rings. The van der Waals surface area contributed by atoms with Gasteiger partial charge in [0.25, 0.3) is 0 Å². The molecule has 0 saturated carbocycles. The summed E-state index contributed by atoms with van der Waals surface area (Å²) in [7, 11) is -1.80. The maximum Gasteiger partial charge on any atom is 0.243 e. The third-order valence-electron chi connectivity index (χ3n) is 2.98. The number of sulfonamides is 1. The summed E-state index contributed by atoms with van der Waals surface area (Å²) in [4.78, 5) is 0.309. The quantitative estimate of drug-likeness (QED) is 0.652. The van der Waals surface area contributed by atoms with Crippen molar-refractivity contribution in [2.75, 3.05) is 13.6 Å². The lowest BCUT2D eigenvalue weighted by Crippen LogP contribution is -2.28. The largest absolute Gasteiger partial charge is 0.243 e. The van der Waals surface area contributed by atoms with Crippen molar-refractivity contribution >= 4 is 41.9 Å². The molecule has 0 radical (unpaired) electrons. The molecule has 0 aromatic heterocycles. The van der Waals surface area contributed by atoms with Crippen molar-refractivity contribution in [1.29, 1.82) is 0 Å². The van der Waals surface area contributed by atoms with E-state index in [0.717, 1.165) is 29.3 Å². The third-order valence-corrected chi connectivity index (χ3v) is 6.65. The van der Waals surface area contributed by atoms with E-state index in [1.54, 1.807) is 13.1 Å². The number of hydrogen-bond acceptors (Lipinski definition) is 2. The van der Waals surface area contributed by atoms with E-state index in [4.69, 9.17) is 0 Å². The number of halogens is 2. The van der Waals surface area contributed by atoms with Crippen LogP contribution >= 0.6 is 31.9 Å². The molecule has 0 spiro atoms. The van der Waals surface area contributed by atoms with E-state index >= 15 is 0 Å². The van der Waals surface area contributed by atoms with Crippen LogP contribution in [0.3, 0.4) is 0 Å². The lowest BCUT2D eigenvalue weighted by molar-refractivity contribution is 0.454. The van der Waals surface area contributed by atoms with Gasteiger partial charge in [0.1, 0.15) is 0 Å². The molecule has 0 heterocycles. The molecule has 6 heteroatoms. The van der Waals surface area contributed by atoms with Crippen molar-refractivity contribution in [2.24, 2.45) is 0 Å². The van der Waals surface area contributed by atoms with Gasteiger partial charge in [-0.2, -0.15) is 0 Å². The van der Waals surface area contributed by atoms with E-state index in [0.29, 0.717) is 15.9 Å². The maximum atomic E-state index is 12.5. The Balaban J connectivity index is 3.03. The lowest BCUT2D eigenvalue weighted by atomic mass is 10.2. The van der Waals surface area contributed by atoms with Gasteiger partial charge < -0.3 is 0 Å². The summed E-state index contributed by atoms with van der Waals surface area (Å²) >= 11 is 6.72. The highest BCUT2D eigenvalue weighted by atomic mass is 79.9. The van der Waals surface area contributed by atoms with Gasteiger partial charge in [-0.1, -0.05) is 35.7 Å². The van der Waals surface area contributed by atoms with Crippen LogP contribution in [0.25, 0.3) is 0 Å². The maximum absolute atomic E-state index is 12.5. The van der Waals surface area contributed by atoms with E-state index in [9.17, 15) is 8.42 Å². The molecule has 0 atom stereocenters. The Morgan fingerprint density at radius 1 is 1.16 bits per heavy atom. The van der Waals surface area contributed by atoms with E-state index in [1.807, 2.05) is 13.0 Å². The predicted molar refractivity (Wildman–Crippen MR) is 85.9 cm³/mol. The highest BCUT2D eigenvalue weighted by Crippen LogP contribution is 2.30. The van der Waals surface area contributed by atoms with Gasteiger partial charge in [-0.25, -0.2) is 12.7 Å². The number of hydrogen-bond donors (Lipinski definition) is 0. The first-order valence-electron chi connectivity index (χ1n) is 6.22. The van der Waals surface area contributed by atoms with E-state index < -0.39 is 10.0 Å². The fourth-order valence-corrected chi connectivity index (χ4v) is 4.54. The number of benzene rings is 1. The topological polar surface area (TPSA) is 37.4 Å². The first-order valence-corrected chi connectivity index (χ1v) is 9.25. The van der Waals surface area contributed by atoms with E-state index in [1.165, 1.54) is 4.31 Å². The summed E-state index contributed by atoms with van der Waals surface area (Å²) in [6.45, 7) is 4.58. The molecule has 0 amide bonds.